The van der Waals surface area contributed by atoms with Crippen molar-refractivity contribution in [3.8, 4) is 0 Å². The molecule has 4 heteroatoms. The molecule has 0 saturated heterocycles. The van der Waals surface area contributed by atoms with Crippen LogP contribution in [0.2, 0.25) is 5.02 Å². The van der Waals surface area contributed by atoms with Crippen LogP contribution in [0.5, 0.6) is 0 Å². The van der Waals surface area contributed by atoms with Gasteiger partial charge in [-0.3, -0.25) is 4.79 Å². The third-order valence-corrected chi connectivity index (χ3v) is 3.51. The molecule has 3 nitrogen and oxygen atoms in total. The van der Waals surface area contributed by atoms with Crippen molar-refractivity contribution in [1.82, 2.24) is 0 Å². The Morgan fingerprint density at radius 2 is 1.84 bits per heavy atom. The first kappa shape index (κ1) is 12.1. The predicted octanol–water partition coefficient (Wildman–Crippen LogP) is 3.32. The number of halogens is 1. The maximum absolute atomic E-state index is 12.1. The summed E-state index contributed by atoms with van der Waals surface area (Å²) in [5, 5.41) is 6.66. The molecule has 0 fully saturated rings. The van der Waals surface area contributed by atoms with Gasteiger partial charge in [0.2, 0.25) is 5.91 Å². The van der Waals surface area contributed by atoms with Crippen molar-refractivity contribution in [2.75, 3.05) is 10.6 Å². The van der Waals surface area contributed by atoms with Crippen molar-refractivity contribution < 1.29 is 4.79 Å². The highest BCUT2D eigenvalue weighted by Crippen LogP contribution is 2.33. The molecule has 96 valence electrons. The van der Waals surface area contributed by atoms with E-state index in [9.17, 15) is 4.79 Å². The molecule has 0 bridgehead atoms. The van der Waals surface area contributed by atoms with Crippen molar-refractivity contribution in [1.29, 1.82) is 0 Å². The molecule has 2 N–H and O–H groups in total. The van der Waals surface area contributed by atoms with Crippen LogP contribution in [0.1, 0.15) is 5.56 Å². The number of hydrogen-bond donors (Lipinski definition) is 2. The van der Waals surface area contributed by atoms with Crippen LogP contribution in [0.4, 0.5) is 11.4 Å². The van der Waals surface area contributed by atoms with Crippen molar-refractivity contribution >= 4 is 28.9 Å². The number of anilines is 2. The molecule has 0 radical (unpaired) electrons. The van der Waals surface area contributed by atoms with Gasteiger partial charge in [0.25, 0.3) is 0 Å². The van der Waals surface area contributed by atoms with Gasteiger partial charge in [0, 0.05) is 6.42 Å². The highest BCUT2D eigenvalue weighted by Gasteiger charge is 2.26. The lowest BCUT2D eigenvalue weighted by Gasteiger charge is -2.27. The topological polar surface area (TPSA) is 41.1 Å². The number of para-hydroxylation sites is 1. The van der Waals surface area contributed by atoms with Crippen molar-refractivity contribution in [3.05, 3.63) is 59.1 Å². The van der Waals surface area contributed by atoms with Crippen molar-refractivity contribution in [2.24, 2.45) is 0 Å². The van der Waals surface area contributed by atoms with Gasteiger partial charge in [0.1, 0.15) is 6.04 Å². The van der Waals surface area contributed by atoms with E-state index in [1.807, 2.05) is 42.5 Å². The summed E-state index contributed by atoms with van der Waals surface area (Å²) in [5.41, 5.74) is 2.66. The Labute approximate surface area is 116 Å². The molecule has 1 aliphatic heterocycles. The maximum Gasteiger partial charge on any atom is 0.247 e. The molecule has 1 atom stereocenters. The quantitative estimate of drug-likeness (QED) is 0.881. The lowest BCUT2D eigenvalue weighted by molar-refractivity contribution is -0.117. The average molecular weight is 273 g/mol. The molecule has 3 rings (SSSR count). The van der Waals surface area contributed by atoms with Crippen LogP contribution in [0, 0.1) is 0 Å². The smallest absolute Gasteiger partial charge is 0.247 e. The molecular formula is C15H13ClN2O. The normalized spacial score (nSPS) is 17.3. The zero-order valence-corrected chi connectivity index (χ0v) is 10.9. The summed E-state index contributed by atoms with van der Waals surface area (Å²) in [6.07, 6.45) is 0.651. The minimum Gasteiger partial charge on any atom is -0.372 e. The Hall–Kier alpha value is -2.00. The van der Waals surface area contributed by atoms with Crippen LogP contribution in [-0.4, -0.2) is 11.9 Å². The van der Waals surface area contributed by atoms with Gasteiger partial charge in [-0.2, -0.15) is 0 Å². The maximum atomic E-state index is 12.1. The number of nitrogens with one attached hydrogen (secondary N) is 2. The van der Waals surface area contributed by atoms with Crippen LogP contribution >= 0.6 is 11.6 Å². The molecule has 19 heavy (non-hydrogen) atoms. The summed E-state index contributed by atoms with van der Waals surface area (Å²) in [5.74, 6) is -0.0514. The number of fused-ring (bicyclic) bond motifs is 1. The van der Waals surface area contributed by atoms with E-state index in [4.69, 9.17) is 11.6 Å². The molecule has 0 aromatic heterocycles. The molecule has 1 unspecified atom stereocenters. The second-order valence-corrected chi connectivity index (χ2v) is 4.95. The van der Waals surface area contributed by atoms with E-state index in [0.29, 0.717) is 17.1 Å². The number of carbonyl (C=O) groups is 1. The van der Waals surface area contributed by atoms with Crippen molar-refractivity contribution in [2.45, 2.75) is 12.5 Å². The molecule has 0 aliphatic carbocycles. The van der Waals surface area contributed by atoms with E-state index in [-0.39, 0.29) is 11.9 Å². The van der Waals surface area contributed by atoms with Crippen LogP contribution in [0.25, 0.3) is 0 Å². The zero-order valence-electron chi connectivity index (χ0n) is 10.2. The van der Waals surface area contributed by atoms with E-state index in [2.05, 4.69) is 10.6 Å². The second kappa shape index (κ2) is 4.94. The summed E-state index contributed by atoms with van der Waals surface area (Å²) < 4.78 is 0. The first-order valence-corrected chi connectivity index (χ1v) is 6.51. The number of carbonyl (C=O) groups excluding carboxylic acids is 1. The number of amides is 1. The van der Waals surface area contributed by atoms with Gasteiger partial charge < -0.3 is 10.6 Å². The molecule has 1 amide bonds. The minimum atomic E-state index is -0.270. The summed E-state index contributed by atoms with van der Waals surface area (Å²) in [6, 6.07) is 15.2. The Bertz CT molecular complexity index is 613. The SMILES string of the molecule is O=C1Nc2c(Cl)cccc2NC1Cc1ccccc1. The number of hydrogen-bond acceptors (Lipinski definition) is 2. The fraction of sp³-hybridized carbons (Fsp3) is 0.133. The molecule has 0 spiro atoms. The summed E-state index contributed by atoms with van der Waals surface area (Å²) >= 11 is 6.06. The average Bonchev–Trinajstić information content (AvgIpc) is 2.42. The Balaban J connectivity index is 1.84. The van der Waals surface area contributed by atoms with E-state index >= 15 is 0 Å². The molecular weight excluding hydrogens is 260 g/mol. The third-order valence-electron chi connectivity index (χ3n) is 3.19. The molecule has 1 aliphatic rings. The standard InChI is InChI=1S/C15H13ClN2O/c16-11-7-4-8-12-14(11)18-15(19)13(17-12)9-10-5-2-1-3-6-10/h1-8,13,17H,9H2,(H,18,19). The molecule has 1 heterocycles. The summed E-state index contributed by atoms with van der Waals surface area (Å²) in [7, 11) is 0. The fourth-order valence-corrected chi connectivity index (χ4v) is 2.45. The lowest BCUT2D eigenvalue weighted by Crippen LogP contribution is -2.40. The van der Waals surface area contributed by atoms with Gasteiger partial charge in [-0.15, -0.1) is 0 Å². The van der Waals surface area contributed by atoms with Gasteiger partial charge in [-0.25, -0.2) is 0 Å². The number of rotatable bonds is 2. The van der Waals surface area contributed by atoms with Crippen LogP contribution in [0.15, 0.2) is 48.5 Å². The van der Waals surface area contributed by atoms with E-state index in [1.165, 1.54) is 0 Å². The van der Waals surface area contributed by atoms with Gasteiger partial charge in [0.15, 0.2) is 0 Å². The predicted molar refractivity (Wildman–Crippen MR) is 77.6 cm³/mol. The summed E-state index contributed by atoms with van der Waals surface area (Å²) in [4.78, 5) is 12.1. The monoisotopic (exact) mass is 272 g/mol. The Morgan fingerprint density at radius 3 is 2.63 bits per heavy atom. The Morgan fingerprint density at radius 1 is 1.05 bits per heavy atom. The van der Waals surface area contributed by atoms with Gasteiger partial charge in [0.05, 0.1) is 16.4 Å². The highest BCUT2D eigenvalue weighted by molar-refractivity contribution is 6.35. The largest absolute Gasteiger partial charge is 0.372 e. The van der Waals surface area contributed by atoms with Crippen LogP contribution in [0.3, 0.4) is 0 Å². The van der Waals surface area contributed by atoms with Crippen LogP contribution < -0.4 is 10.6 Å². The minimum absolute atomic E-state index is 0.0514. The second-order valence-electron chi connectivity index (χ2n) is 4.54. The highest BCUT2D eigenvalue weighted by atomic mass is 35.5. The Kier molecular flexibility index (Phi) is 3.13. The number of benzene rings is 2. The first-order chi connectivity index (χ1) is 9.24. The molecule has 2 aromatic carbocycles. The van der Waals surface area contributed by atoms with Gasteiger partial charge >= 0.3 is 0 Å². The van der Waals surface area contributed by atoms with E-state index in [0.717, 1.165) is 11.3 Å². The van der Waals surface area contributed by atoms with Gasteiger partial charge in [-0.05, 0) is 17.7 Å². The zero-order chi connectivity index (χ0) is 13.2. The van der Waals surface area contributed by atoms with E-state index in [1.54, 1.807) is 6.07 Å². The third kappa shape index (κ3) is 2.42. The van der Waals surface area contributed by atoms with Gasteiger partial charge in [-0.1, -0.05) is 48.0 Å². The molecule has 2 aromatic rings. The fourth-order valence-electron chi connectivity index (χ4n) is 2.23. The van der Waals surface area contributed by atoms with Crippen LogP contribution in [-0.2, 0) is 11.2 Å². The molecule has 0 saturated carbocycles. The first-order valence-electron chi connectivity index (χ1n) is 6.14. The lowest BCUT2D eigenvalue weighted by atomic mass is 10.0. The summed E-state index contributed by atoms with van der Waals surface area (Å²) in [6.45, 7) is 0. The van der Waals surface area contributed by atoms with E-state index < -0.39 is 0 Å². The van der Waals surface area contributed by atoms with Crippen molar-refractivity contribution in [3.63, 3.8) is 0 Å².